The van der Waals surface area contributed by atoms with Crippen LogP contribution in [-0.2, 0) is 11.2 Å². The van der Waals surface area contributed by atoms with Gasteiger partial charge in [0.15, 0.2) is 0 Å². The maximum Gasteiger partial charge on any atom is 0.345 e. The number of carbonyl (C=O) groups is 1. The summed E-state index contributed by atoms with van der Waals surface area (Å²) in [7, 11) is 0. The summed E-state index contributed by atoms with van der Waals surface area (Å²) in [6, 6.07) is 4.79. The maximum atomic E-state index is 11.9. The number of anilines is 2. The van der Waals surface area contributed by atoms with Crippen LogP contribution in [0, 0.1) is 10.1 Å². The summed E-state index contributed by atoms with van der Waals surface area (Å²) in [5.74, 6) is -0.329. The van der Waals surface area contributed by atoms with Crippen molar-refractivity contribution < 1.29 is 14.5 Å². The Labute approximate surface area is 138 Å². The zero-order valence-corrected chi connectivity index (χ0v) is 13.1. The lowest BCUT2D eigenvalue weighted by Crippen LogP contribution is -2.13. The molecule has 2 heterocycles. The highest BCUT2D eigenvalue weighted by Crippen LogP contribution is 2.27. The summed E-state index contributed by atoms with van der Waals surface area (Å²) in [6.45, 7) is 2.14. The van der Waals surface area contributed by atoms with Gasteiger partial charge in [-0.2, -0.15) is 0 Å². The fourth-order valence-electron chi connectivity index (χ4n) is 2.12. The molecule has 0 aliphatic carbocycles. The van der Waals surface area contributed by atoms with Crippen molar-refractivity contribution >= 4 is 23.3 Å². The Morgan fingerprint density at radius 1 is 1.38 bits per heavy atom. The minimum absolute atomic E-state index is 0.0209. The van der Waals surface area contributed by atoms with Crippen molar-refractivity contribution in [1.29, 1.82) is 0 Å². The molecule has 24 heavy (non-hydrogen) atoms. The van der Waals surface area contributed by atoms with E-state index in [2.05, 4.69) is 15.3 Å². The molecule has 0 bridgehead atoms. The van der Waals surface area contributed by atoms with E-state index in [1.54, 1.807) is 25.3 Å². The van der Waals surface area contributed by atoms with Gasteiger partial charge in [-0.15, -0.1) is 0 Å². The molecule has 3 N–H and O–H groups in total. The first-order valence-corrected chi connectivity index (χ1v) is 7.27. The number of esters is 1. The molecular weight excluding hydrogens is 314 g/mol. The molecule has 0 aliphatic rings. The predicted octanol–water partition coefficient (Wildman–Crippen LogP) is 1.80. The summed E-state index contributed by atoms with van der Waals surface area (Å²) in [5, 5.41) is 14.2. The number of nitrogens with two attached hydrogens (primary N) is 1. The average molecular weight is 331 g/mol. The van der Waals surface area contributed by atoms with Gasteiger partial charge in [0.2, 0.25) is 5.82 Å². The van der Waals surface area contributed by atoms with Crippen LogP contribution < -0.4 is 11.1 Å². The molecule has 126 valence electrons. The number of aromatic nitrogens is 2. The van der Waals surface area contributed by atoms with Gasteiger partial charge in [0, 0.05) is 18.9 Å². The lowest BCUT2D eigenvalue weighted by atomic mass is 10.2. The number of hydrogen-bond donors (Lipinski definition) is 2. The number of hydrogen-bond acceptors (Lipinski definition) is 8. The molecule has 0 unspecified atom stereocenters. The van der Waals surface area contributed by atoms with Crippen LogP contribution in [0.2, 0.25) is 0 Å². The highest BCUT2D eigenvalue weighted by atomic mass is 16.6. The van der Waals surface area contributed by atoms with E-state index in [9.17, 15) is 14.9 Å². The van der Waals surface area contributed by atoms with Crippen LogP contribution >= 0.6 is 0 Å². The molecule has 0 spiro atoms. The van der Waals surface area contributed by atoms with Gasteiger partial charge in [0.1, 0.15) is 11.4 Å². The highest BCUT2D eigenvalue weighted by Gasteiger charge is 2.26. The quantitative estimate of drug-likeness (QED) is 0.445. The lowest BCUT2D eigenvalue weighted by Gasteiger charge is -2.09. The zero-order valence-electron chi connectivity index (χ0n) is 13.1. The fraction of sp³-hybridized carbons (Fsp3) is 0.267. The Kier molecular flexibility index (Phi) is 5.61. The molecule has 0 fully saturated rings. The van der Waals surface area contributed by atoms with Crippen LogP contribution in [0.1, 0.15) is 22.8 Å². The van der Waals surface area contributed by atoms with E-state index in [1.807, 2.05) is 0 Å². The Hall–Kier alpha value is -3.23. The number of carbonyl (C=O) groups excluding carboxylic acids is 1. The van der Waals surface area contributed by atoms with Gasteiger partial charge in [-0.25, -0.2) is 14.8 Å². The molecule has 0 saturated heterocycles. The maximum absolute atomic E-state index is 11.9. The number of pyridine rings is 2. The number of nitrogens with one attached hydrogen (secondary N) is 1. The normalized spacial score (nSPS) is 10.2. The largest absolute Gasteiger partial charge is 0.462 e. The number of ether oxygens (including phenoxy) is 1. The van der Waals surface area contributed by atoms with E-state index in [1.165, 1.54) is 12.3 Å². The first kappa shape index (κ1) is 17.1. The third-order valence-corrected chi connectivity index (χ3v) is 3.15. The van der Waals surface area contributed by atoms with Crippen molar-refractivity contribution in [2.75, 3.05) is 24.2 Å². The molecule has 9 nitrogen and oxygen atoms in total. The summed E-state index contributed by atoms with van der Waals surface area (Å²) < 4.78 is 4.84. The number of rotatable bonds is 7. The van der Waals surface area contributed by atoms with Gasteiger partial charge in [-0.05, 0) is 37.1 Å². The minimum atomic E-state index is -0.753. The van der Waals surface area contributed by atoms with Crippen LogP contribution in [0.25, 0.3) is 0 Å². The van der Waals surface area contributed by atoms with Crippen LogP contribution in [-0.4, -0.2) is 34.0 Å². The second-order valence-corrected chi connectivity index (χ2v) is 4.80. The van der Waals surface area contributed by atoms with Gasteiger partial charge in [-0.1, -0.05) is 0 Å². The molecule has 0 amide bonds. The SMILES string of the molecule is CCOC(=O)c1ccnc(NCCc2ccnc(N)c2)c1[N+](=O)[O-]. The molecule has 0 saturated carbocycles. The molecule has 2 rings (SSSR count). The molecule has 0 aliphatic heterocycles. The Balaban J connectivity index is 2.16. The lowest BCUT2D eigenvalue weighted by molar-refractivity contribution is -0.384. The Morgan fingerprint density at radius 3 is 2.79 bits per heavy atom. The van der Waals surface area contributed by atoms with Crippen molar-refractivity contribution in [1.82, 2.24) is 9.97 Å². The van der Waals surface area contributed by atoms with E-state index < -0.39 is 16.6 Å². The van der Waals surface area contributed by atoms with Gasteiger partial charge in [0.05, 0.1) is 11.5 Å². The molecule has 0 radical (unpaired) electrons. The van der Waals surface area contributed by atoms with E-state index in [0.29, 0.717) is 18.8 Å². The average Bonchev–Trinajstić information content (AvgIpc) is 2.54. The first-order chi connectivity index (χ1) is 11.5. The highest BCUT2D eigenvalue weighted by molar-refractivity contribution is 5.96. The third-order valence-electron chi connectivity index (χ3n) is 3.15. The molecule has 2 aromatic rings. The second kappa shape index (κ2) is 7.86. The molecule has 9 heteroatoms. The van der Waals surface area contributed by atoms with E-state index in [4.69, 9.17) is 10.5 Å². The second-order valence-electron chi connectivity index (χ2n) is 4.80. The number of nitrogen functional groups attached to an aromatic ring is 1. The zero-order chi connectivity index (χ0) is 17.5. The predicted molar refractivity (Wildman–Crippen MR) is 87.7 cm³/mol. The summed E-state index contributed by atoms with van der Waals surface area (Å²) in [5.41, 5.74) is 6.00. The Morgan fingerprint density at radius 2 is 2.12 bits per heavy atom. The molecule has 2 aromatic heterocycles. The summed E-state index contributed by atoms with van der Waals surface area (Å²) >= 11 is 0. The van der Waals surface area contributed by atoms with Crippen LogP contribution in [0.5, 0.6) is 0 Å². The van der Waals surface area contributed by atoms with Gasteiger partial charge in [-0.3, -0.25) is 10.1 Å². The molecule has 0 aromatic carbocycles. The summed E-state index contributed by atoms with van der Waals surface area (Å²) in [6.07, 6.45) is 3.48. The number of nitrogens with zero attached hydrogens (tertiary/aromatic N) is 3. The minimum Gasteiger partial charge on any atom is -0.462 e. The standard InChI is InChI=1S/C15H17N5O4/c1-2-24-15(21)11-5-8-19-14(13(11)20(22)23)18-7-4-10-3-6-17-12(16)9-10/h3,5-6,8-9H,2,4,7H2,1H3,(H2,16,17)(H,18,19). The van der Waals surface area contributed by atoms with Gasteiger partial charge >= 0.3 is 11.7 Å². The van der Waals surface area contributed by atoms with Crippen molar-refractivity contribution in [2.24, 2.45) is 0 Å². The van der Waals surface area contributed by atoms with Crippen molar-refractivity contribution in [3.8, 4) is 0 Å². The van der Waals surface area contributed by atoms with E-state index in [-0.39, 0.29) is 18.0 Å². The van der Waals surface area contributed by atoms with Crippen LogP contribution in [0.4, 0.5) is 17.3 Å². The fourth-order valence-corrected chi connectivity index (χ4v) is 2.12. The molecular formula is C15H17N5O4. The monoisotopic (exact) mass is 331 g/mol. The van der Waals surface area contributed by atoms with Crippen molar-refractivity contribution in [3.63, 3.8) is 0 Å². The van der Waals surface area contributed by atoms with Gasteiger partial charge < -0.3 is 15.8 Å². The van der Waals surface area contributed by atoms with Crippen molar-refractivity contribution in [3.05, 3.63) is 51.8 Å². The number of nitro groups is 1. The Bertz CT molecular complexity index is 750. The third kappa shape index (κ3) is 4.15. The van der Waals surface area contributed by atoms with Crippen LogP contribution in [0.3, 0.4) is 0 Å². The smallest absolute Gasteiger partial charge is 0.345 e. The van der Waals surface area contributed by atoms with Crippen molar-refractivity contribution in [2.45, 2.75) is 13.3 Å². The topological polar surface area (TPSA) is 133 Å². The van der Waals surface area contributed by atoms with E-state index >= 15 is 0 Å². The van der Waals surface area contributed by atoms with Crippen LogP contribution in [0.15, 0.2) is 30.6 Å². The first-order valence-electron chi connectivity index (χ1n) is 7.27. The summed E-state index contributed by atoms with van der Waals surface area (Å²) in [4.78, 5) is 30.4. The van der Waals surface area contributed by atoms with Gasteiger partial charge in [0.25, 0.3) is 0 Å². The van der Waals surface area contributed by atoms with E-state index in [0.717, 1.165) is 5.56 Å². The molecule has 0 atom stereocenters.